The summed E-state index contributed by atoms with van der Waals surface area (Å²) in [4.78, 5) is 34.4. The first-order valence-corrected chi connectivity index (χ1v) is 11.8. The minimum Gasteiger partial charge on any atom is -0.462 e. The highest BCUT2D eigenvalue weighted by atomic mass is 32.2. The fourth-order valence-corrected chi connectivity index (χ4v) is 5.25. The van der Waals surface area contributed by atoms with Crippen LogP contribution in [0.4, 0.5) is 0 Å². The molecule has 0 aliphatic carbocycles. The number of H-pyrrole nitrogens is 1. The first-order valence-electron chi connectivity index (χ1n) is 10.0. The van der Waals surface area contributed by atoms with Crippen molar-refractivity contribution in [1.29, 1.82) is 0 Å². The van der Waals surface area contributed by atoms with Gasteiger partial charge in [-0.05, 0) is 36.6 Å². The van der Waals surface area contributed by atoms with E-state index in [1.165, 1.54) is 23.1 Å². The van der Waals surface area contributed by atoms with Crippen molar-refractivity contribution in [3.63, 3.8) is 0 Å². The largest absolute Gasteiger partial charge is 0.462 e. The van der Waals surface area contributed by atoms with Crippen molar-refractivity contribution in [2.45, 2.75) is 31.2 Å². The first kappa shape index (κ1) is 21.3. The molecule has 4 aromatic rings. The summed E-state index contributed by atoms with van der Waals surface area (Å²) in [5.41, 5.74) is 3.33. The Morgan fingerprint density at radius 2 is 1.97 bits per heavy atom. The minimum atomic E-state index is -0.316. The Morgan fingerprint density at radius 3 is 2.74 bits per heavy atom. The van der Waals surface area contributed by atoms with E-state index in [2.05, 4.69) is 4.98 Å². The molecule has 158 valence electrons. The van der Waals surface area contributed by atoms with E-state index in [9.17, 15) is 9.59 Å². The number of rotatable bonds is 7. The zero-order valence-corrected chi connectivity index (χ0v) is 18.9. The number of hydrogen-bond acceptors (Lipinski definition) is 6. The van der Waals surface area contributed by atoms with Crippen LogP contribution in [0.15, 0.2) is 64.5 Å². The lowest BCUT2D eigenvalue weighted by atomic mass is 10.0. The smallest absolute Gasteiger partial charge is 0.338 e. The van der Waals surface area contributed by atoms with E-state index >= 15 is 0 Å². The number of aromatic amines is 1. The second-order valence-electron chi connectivity index (χ2n) is 7.08. The van der Waals surface area contributed by atoms with Gasteiger partial charge in [-0.3, -0.25) is 4.79 Å². The van der Waals surface area contributed by atoms with Gasteiger partial charge in [-0.25, -0.2) is 9.78 Å². The molecule has 0 radical (unpaired) electrons. The summed E-state index contributed by atoms with van der Waals surface area (Å²) in [6.45, 7) is 4.39. The van der Waals surface area contributed by atoms with Crippen LogP contribution in [0.1, 0.15) is 34.1 Å². The topological polar surface area (TPSA) is 72.0 Å². The van der Waals surface area contributed by atoms with Gasteiger partial charge in [0.25, 0.3) is 5.56 Å². The van der Waals surface area contributed by atoms with Crippen LogP contribution in [0.25, 0.3) is 21.3 Å². The molecule has 0 bridgehead atoms. The van der Waals surface area contributed by atoms with Crippen molar-refractivity contribution < 1.29 is 9.53 Å². The zero-order valence-electron chi connectivity index (χ0n) is 17.3. The molecule has 2 aromatic heterocycles. The van der Waals surface area contributed by atoms with Crippen LogP contribution in [0.3, 0.4) is 0 Å². The number of thiophene rings is 1. The fourth-order valence-electron chi connectivity index (χ4n) is 3.34. The highest BCUT2D eigenvalue weighted by molar-refractivity contribution is 7.98. The van der Waals surface area contributed by atoms with Crippen molar-refractivity contribution >= 4 is 39.3 Å². The third-order valence-electron chi connectivity index (χ3n) is 4.75. The number of aryl methyl sites for hydroxylation is 1. The number of ether oxygens (including phenoxy) is 1. The number of carbonyl (C=O) groups is 1. The summed E-state index contributed by atoms with van der Waals surface area (Å²) >= 11 is 2.97. The molecule has 0 atom stereocenters. The van der Waals surface area contributed by atoms with E-state index in [0.717, 1.165) is 32.8 Å². The monoisotopic (exact) mass is 450 g/mol. The lowest BCUT2D eigenvalue weighted by Gasteiger charge is -2.06. The average Bonchev–Trinajstić information content (AvgIpc) is 3.13. The lowest BCUT2D eigenvalue weighted by Crippen LogP contribution is -2.09. The molecule has 31 heavy (non-hydrogen) atoms. The Labute approximate surface area is 188 Å². The van der Waals surface area contributed by atoms with Crippen LogP contribution in [0.2, 0.25) is 0 Å². The number of esters is 1. The van der Waals surface area contributed by atoms with Crippen molar-refractivity contribution in [2.24, 2.45) is 0 Å². The number of nitrogens with one attached hydrogen (secondary N) is 1. The van der Waals surface area contributed by atoms with Gasteiger partial charge in [-0.1, -0.05) is 61.2 Å². The number of nitrogens with zero attached hydrogens (tertiary/aromatic N) is 1. The van der Waals surface area contributed by atoms with Crippen LogP contribution in [-0.2, 0) is 10.5 Å². The Balaban J connectivity index is 1.57. The summed E-state index contributed by atoms with van der Waals surface area (Å²) in [7, 11) is 0. The van der Waals surface area contributed by atoms with Gasteiger partial charge in [0.2, 0.25) is 0 Å². The van der Waals surface area contributed by atoms with Crippen molar-refractivity contribution in [2.75, 3.05) is 6.61 Å². The zero-order chi connectivity index (χ0) is 21.8. The van der Waals surface area contributed by atoms with Gasteiger partial charge >= 0.3 is 5.97 Å². The maximum absolute atomic E-state index is 12.9. The van der Waals surface area contributed by atoms with Crippen LogP contribution < -0.4 is 5.56 Å². The summed E-state index contributed by atoms with van der Waals surface area (Å²) < 4.78 is 5.20. The third kappa shape index (κ3) is 4.73. The van der Waals surface area contributed by atoms with E-state index < -0.39 is 0 Å². The summed E-state index contributed by atoms with van der Waals surface area (Å²) in [6.07, 6.45) is 0.789. The maximum Gasteiger partial charge on any atom is 0.338 e. The molecule has 0 unspecified atom stereocenters. The fraction of sp³-hybridized carbons (Fsp3) is 0.208. The second kappa shape index (κ2) is 9.49. The number of carbonyl (C=O) groups excluding carboxylic acids is 1. The molecule has 0 amide bonds. The van der Waals surface area contributed by atoms with Crippen LogP contribution in [0, 0.1) is 6.92 Å². The van der Waals surface area contributed by atoms with E-state index in [-0.39, 0.29) is 11.5 Å². The molecule has 0 fully saturated rings. The first-order chi connectivity index (χ1) is 15.1. The van der Waals surface area contributed by atoms with E-state index in [1.54, 1.807) is 6.07 Å². The second-order valence-corrected chi connectivity index (χ2v) is 9.24. The third-order valence-corrected chi connectivity index (χ3v) is 6.70. The van der Waals surface area contributed by atoms with Gasteiger partial charge in [0.15, 0.2) is 5.16 Å². The number of benzene rings is 2. The lowest BCUT2D eigenvalue weighted by molar-refractivity contribution is 0.0505. The maximum atomic E-state index is 12.9. The molecule has 0 spiro atoms. The molecule has 5 nitrogen and oxygen atoms in total. The molecule has 0 saturated heterocycles. The molecule has 1 N–H and O–H groups in total. The van der Waals surface area contributed by atoms with Gasteiger partial charge in [0.05, 0.1) is 17.6 Å². The predicted molar refractivity (Wildman–Crippen MR) is 127 cm³/mol. The van der Waals surface area contributed by atoms with Gasteiger partial charge in [-0.2, -0.15) is 0 Å². The SMILES string of the molecule is CCCOC(=O)c1cccc(CSc2nc3sc(C)c(-c4ccccc4)c3c(=O)[nH]2)c1. The normalized spacial score (nSPS) is 11.0. The number of aromatic nitrogens is 2. The summed E-state index contributed by atoms with van der Waals surface area (Å²) in [6, 6.07) is 17.3. The van der Waals surface area contributed by atoms with Gasteiger partial charge in [0.1, 0.15) is 4.83 Å². The molecule has 0 saturated carbocycles. The van der Waals surface area contributed by atoms with Gasteiger partial charge in [-0.15, -0.1) is 11.3 Å². The van der Waals surface area contributed by atoms with Crippen LogP contribution in [0.5, 0.6) is 0 Å². The number of fused-ring (bicyclic) bond motifs is 1. The predicted octanol–water partition coefficient (Wildman–Crippen LogP) is 5.82. The average molecular weight is 451 g/mol. The molecule has 2 aromatic carbocycles. The molecule has 0 aliphatic rings. The van der Waals surface area contributed by atoms with E-state index in [1.807, 2.05) is 62.4 Å². The molecular weight excluding hydrogens is 428 g/mol. The quantitative estimate of drug-likeness (QED) is 0.218. The standard InChI is InChI=1S/C24H22N2O3S2/c1-3-12-29-23(28)18-11-7-8-16(13-18)14-30-24-25-21(27)20-19(15(2)31-22(20)26-24)17-9-5-4-6-10-17/h4-11,13H,3,12,14H2,1-2H3,(H,25,26,27). The van der Waals surface area contributed by atoms with Crippen LogP contribution in [-0.4, -0.2) is 22.5 Å². The van der Waals surface area contributed by atoms with Gasteiger partial charge < -0.3 is 9.72 Å². The van der Waals surface area contributed by atoms with Gasteiger partial charge in [0, 0.05) is 16.2 Å². The minimum absolute atomic E-state index is 0.132. The molecule has 0 aliphatic heterocycles. The van der Waals surface area contributed by atoms with Crippen molar-refractivity contribution in [3.8, 4) is 11.1 Å². The number of hydrogen-bond donors (Lipinski definition) is 1. The van der Waals surface area contributed by atoms with Crippen molar-refractivity contribution in [3.05, 3.63) is 81.0 Å². The van der Waals surface area contributed by atoms with E-state index in [0.29, 0.717) is 28.5 Å². The van der Waals surface area contributed by atoms with Crippen molar-refractivity contribution in [1.82, 2.24) is 9.97 Å². The highest BCUT2D eigenvalue weighted by Crippen LogP contribution is 2.36. The molecule has 2 heterocycles. The Kier molecular flexibility index (Phi) is 6.53. The van der Waals surface area contributed by atoms with Crippen LogP contribution >= 0.6 is 23.1 Å². The number of thioether (sulfide) groups is 1. The Hall–Kier alpha value is -2.90. The Morgan fingerprint density at radius 1 is 1.16 bits per heavy atom. The summed E-state index contributed by atoms with van der Waals surface area (Å²) in [5, 5.41) is 1.20. The molecule has 7 heteroatoms. The molecule has 4 rings (SSSR count). The highest BCUT2D eigenvalue weighted by Gasteiger charge is 2.17. The summed E-state index contributed by atoms with van der Waals surface area (Å²) in [5.74, 6) is 0.267. The Bertz CT molecular complexity index is 1280. The molecular formula is C24H22N2O3S2. The van der Waals surface area contributed by atoms with E-state index in [4.69, 9.17) is 9.72 Å².